The molecule has 0 fully saturated rings. The van der Waals surface area contributed by atoms with E-state index in [1.165, 1.54) is 5.56 Å². The molecule has 4 nitrogen and oxygen atoms in total. The van der Waals surface area contributed by atoms with Crippen LogP contribution in [0.25, 0.3) is 0 Å². The average Bonchev–Trinajstić information content (AvgIpc) is 2.41. The number of carbonyl (C=O) groups excluding carboxylic acids is 1. The molecule has 2 N–H and O–H groups in total. The number of hydrogen-bond acceptors (Lipinski definition) is 3. The number of nitrogens with one attached hydrogen (secondary N) is 2. The van der Waals surface area contributed by atoms with Crippen molar-refractivity contribution in [3.05, 3.63) is 47.0 Å². The molecule has 0 heterocycles. The highest BCUT2D eigenvalue weighted by Crippen LogP contribution is 2.15. The van der Waals surface area contributed by atoms with Gasteiger partial charge in [0.05, 0.1) is 0 Å². The maximum absolute atomic E-state index is 11.4. The maximum atomic E-state index is 11.4. The van der Waals surface area contributed by atoms with Gasteiger partial charge in [0.15, 0.2) is 0 Å². The Balaban J connectivity index is 2.21. The molecule has 1 aromatic carbocycles. The first-order valence-electron chi connectivity index (χ1n) is 7.38. The molecule has 1 unspecified atom stereocenters. The predicted molar refractivity (Wildman–Crippen MR) is 91.2 cm³/mol. The second-order valence-electron chi connectivity index (χ2n) is 6.04. The highest BCUT2D eigenvalue weighted by Gasteiger charge is 2.14. The van der Waals surface area contributed by atoms with E-state index in [1.54, 1.807) is 0 Å². The summed E-state index contributed by atoms with van der Waals surface area (Å²) in [6, 6.07) is 8.02. The van der Waals surface area contributed by atoms with Gasteiger partial charge in [-0.05, 0) is 45.4 Å². The van der Waals surface area contributed by atoms with Crippen molar-refractivity contribution in [2.75, 3.05) is 13.1 Å². The number of amides is 1. The zero-order valence-corrected chi connectivity index (χ0v) is 14.4. The largest absolute Gasteiger partial charge is 0.444 e. The smallest absolute Gasteiger partial charge is 0.407 e. The van der Waals surface area contributed by atoms with Crippen molar-refractivity contribution in [1.82, 2.24) is 10.6 Å². The van der Waals surface area contributed by atoms with Crippen LogP contribution in [-0.4, -0.2) is 24.8 Å². The van der Waals surface area contributed by atoms with Crippen LogP contribution in [0.2, 0.25) is 5.02 Å². The Hall–Kier alpha value is -1.52. The van der Waals surface area contributed by atoms with Crippen molar-refractivity contribution in [3.63, 3.8) is 0 Å². The molecule has 1 amide bonds. The molecule has 0 saturated heterocycles. The summed E-state index contributed by atoms with van der Waals surface area (Å²) in [5.74, 6) is 0. The Morgan fingerprint density at radius 3 is 2.41 bits per heavy atom. The standard InChI is InChI=1S/C17H25ClN2O2/c1-13(14-7-9-15(18)10-8-14)19-11-5-6-12-20-16(21)22-17(2,3)4/h5-10,13,19H,11-12H2,1-4H3,(H,20,21)/b6-5+. The van der Waals surface area contributed by atoms with Crippen LogP contribution in [0.4, 0.5) is 4.79 Å². The molecule has 0 aromatic heterocycles. The number of halogens is 1. The van der Waals surface area contributed by atoms with Crippen LogP contribution >= 0.6 is 11.6 Å². The number of alkyl carbamates (subject to hydrolysis) is 1. The van der Waals surface area contributed by atoms with Crippen molar-refractivity contribution in [2.24, 2.45) is 0 Å². The molecule has 0 aliphatic heterocycles. The Kier molecular flexibility index (Phi) is 7.42. The maximum Gasteiger partial charge on any atom is 0.407 e. The average molecular weight is 325 g/mol. The van der Waals surface area contributed by atoms with Gasteiger partial charge in [0.25, 0.3) is 0 Å². The zero-order chi connectivity index (χ0) is 16.6. The van der Waals surface area contributed by atoms with Crippen LogP contribution in [0.3, 0.4) is 0 Å². The Labute approximate surface area is 137 Å². The lowest BCUT2D eigenvalue weighted by Gasteiger charge is -2.19. The van der Waals surface area contributed by atoms with Gasteiger partial charge in [-0.3, -0.25) is 0 Å². The Bertz CT molecular complexity index is 492. The molecule has 0 aliphatic rings. The fourth-order valence-corrected chi connectivity index (χ4v) is 1.86. The van der Waals surface area contributed by atoms with E-state index in [0.29, 0.717) is 6.54 Å². The monoisotopic (exact) mass is 324 g/mol. The van der Waals surface area contributed by atoms with Gasteiger partial charge >= 0.3 is 6.09 Å². The minimum atomic E-state index is -0.469. The van der Waals surface area contributed by atoms with Gasteiger partial charge < -0.3 is 15.4 Å². The highest BCUT2D eigenvalue weighted by atomic mass is 35.5. The van der Waals surface area contributed by atoms with Crippen LogP contribution in [0, 0.1) is 0 Å². The van der Waals surface area contributed by atoms with Crippen LogP contribution in [0.15, 0.2) is 36.4 Å². The molecule has 0 saturated carbocycles. The molecule has 5 heteroatoms. The molecule has 0 radical (unpaired) electrons. The van der Waals surface area contributed by atoms with Crippen molar-refractivity contribution in [2.45, 2.75) is 39.3 Å². The summed E-state index contributed by atoms with van der Waals surface area (Å²) in [5, 5.41) is 6.79. The molecule has 0 spiro atoms. The van der Waals surface area contributed by atoms with E-state index in [1.807, 2.05) is 57.2 Å². The summed E-state index contributed by atoms with van der Waals surface area (Å²) in [6.07, 6.45) is 3.47. The summed E-state index contributed by atoms with van der Waals surface area (Å²) in [7, 11) is 0. The number of benzene rings is 1. The lowest BCUT2D eigenvalue weighted by molar-refractivity contribution is 0.0534. The van der Waals surface area contributed by atoms with E-state index in [2.05, 4.69) is 17.6 Å². The van der Waals surface area contributed by atoms with Gasteiger partial charge in [0.1, 0.15) is 5.60 Å². The molecule has 22 heavy (non-hydrogen) atoms. The van der Waals surface area contributed by atoms with Crippen molar-refractivity contribution < 1.29 is 9.53 Å². The second-order valence-corrected chi connectivity index (χ2v) is 6.47. The molecular weight excluding hydrogens is 300 g/mol. The molecule has 1 atom stereocenters. The quantitative estimate of drug-likeness (QED) is 0.775. The third-order valence-corrected chi connectivity index (χ3v) is 3.09. The lowest BCUT2D eigenvalue weighted by Crippen LogP contribution is -2.32. The predicted octanol–water partition coefficient (Wildman–Crippen LogP) is 4.07. The number of rotatable bonds is 6. The first-order chi connectivity index (χ1) is 10.3. The third kappa shape index (κ3) is 8.05. The summed E-state index contributed by atoms with van der Waals surface area (Å²) < 4.78 is 5.14. The summed E-state index contributed by atoms with van der Waals surface area (Å²) in [4.78, 5) is 11.4. The van der Waals surface area contributed by atoms with E-state index in [9.17, 15) is 4.79 Å². The zero-order valence-electron chi connectivity index (χ0n) is 13.7. The number of hydrogen-bond donors (Lipinski definition) is 2. The first-order valence-corrected chi connectivity index (χ1v) is 7.76. The molecule has 0 aliphatic carbocycles. The lowest BCUT2D eigenvalue weighted by atomic mass is 10.1. The van der Waals surface area contributed by atoms with Gasteiger partial charge in [-0.15, -0.1) is 0 Å². The third-order valence-electron chi connectivity index (χ3n) is 2.84. The SMILES string of the molecule is CC(NC/C=C/CNC(=O)OC(C)(C)C)c1ccc(Cl)cc1. The Morgan fingerprint density at radius 2 is 1.82 bits per heavy atom. The van der Waals surface area contributed by atoms with Crippen LogP contribution in [-0.2, 0) is 4.74 Å². The van der Waals surface area contributed by atoms with Crippen molar-refractivity contribution in [1.29, 1.82) is 0 Å². The second kappa shape index (κ2) is 8.81. The van der Waals surface area contributed by atoms with E-state index >= 15 is 0 Å². The minimum absolute atomic E-state index is 0.237. The normalized spacial score (nSPS) is 13.1. The van der Waals surface area contributed by atoms with Gasteiger partial charge in [-0.1, -0.05) is 35.9 Å². The van der Waals surface area contributed by atoms with Crippen LogP contribution in [0.1, 0.15) is 39.3 Å². The minimum Gasteiger partial charge on any atom is -0.444 e. The van der Waals surface area contributed by atoms with E-state index < -0.39 is 11.7 Å². The van der Waals surface area contributed by atoms with Gasteiger partial charge in [-0.25, -0.2) is 4.79 Å². The number of ether oxygens (including phenoxy) is 1. The molecule has 1 aromatic rings. The van der Waals surface area contributed by atoms with E-state index in [-0.39, 0.29) is 6.04 Å². The topological polar surface area (TPSA) is 50.4 Å². The fraction of sp³-hybridized carbons (Fsp3) is 0.471. The van der Waals surface area contributed by atoms with Gasteiger partial charge in [0.2, 0.25) is 0 Å². The molecule has 122 valence electrons. The fourth-order valence-electron chi connectivity index (χ4n) is 1.74. The van der Waals surface area contributed by atoms with Gasteiger partial charge in [0, 0.05) is 24.2 Å². The molecular formula is C17H25ClN2O2. The van der Waals surface area contributed by atoms with E-state index in [0.717, 1.165) is 11.6 Å². The van der Waals surface area contributed by atoms with E-state index in [4.69, 9.17) is 16.3 Å². The van der Waals surface area contributed by atoms with Gasteiger partial charge in [-0.2, -0.15) is 0 Å². The van der Waals surface area contributed by atoms with Crippen molar-refractivity contribution in [3.8, 4) is 0 Å². The molecule has 0 bridgehead atoms. The summed E-state index contributed by atoms with van der Waals surface area (Å²) >= 11 is 5.87. The van der Waals surface area contributed by atoms with Crippen LogP contribution in [0.5, 0.6) is 0 Å². The van der Waals surface area contributed by atoms with Crippen molar-refractivity contribution >= 4 is 17.7 Å². The Morgan fingerprint density at radius 1 is 1.23 bits per heavy atom. The number of carbonyl (C=O) groups is 1. The van der Waals surface area contributed by atoms with Crippen LogP contribution < -0.4 is 10.6 Å². The highest BCUT2D eigenvalue weighted by molar-refractivity contribution is 6.30. The first kappa shape index (κ1) is 18.5. The molecule has 1 rings (SSSR count). The summed E-state index contributed by atoms with van der Waals surface area (Å²) in [6.45, 7) is 8.78. The summed E-state index contributed by atoms with van der Waals surface area (Å²) in [5.41, 5.74) is 0.716.